The number of ether oxygens (including phenoxy) is 1. The molecule has 0 saturated heterocycles. The number of carbonyl (C=O) groups is 1. The lowest BCUT2D eigenvalue weighted by molar-refractivity contribution is -0.124. The lowest BCUT2D eigenvalue weighted by Crippen LogP contribution is -2.31. The van der Waals surface area contributed by atoms with Gasteiger partial charge in [-0.2, -0.15) is 0 Å². The van der Waals surface area contributed by atoms with Crippen LogP contribution in [0.3, 0.4) is 0 Å². The number of carbonyl (C=O) groups excluding carboxylic acids is 1. The van der Waals surface area contributed by atoms with Crippen molar-refractivity contribution in [3.63, 3.8) is 0 Å². The fourth-order valence-corrected chi connectivity index (χ4v) is 4.51. The topological polar surface area (TPSA) is 38.3 Å². The third-order valence-corrected chi connectivity index (χ3v) is 6.50. The minimum absolute atomic E-state index is 0.0826. The van der Waals surface area contributed by atoms with Gasteiger partial charge in [-0.1, -0.05) is 69.5 Å². The van der Waals surface area contributed by atoms with Crippen LogP contribution in [0.25, 0.3) is 0 Å². The van der Waals surface area contributed by atoms with E-state index in [9.17, 15) is 4.79 Å². The summed E-state index contributed by atoms with van der Waals surface area (Å²) in [5.41, 5.74) is 5.17. The molecular weight excluding hydrogens is 382 g/mol. The number of rotatable bonds is 9. The smallest absolute Gasteiger partial charge is 0.230 e. The van der Waals surface area contributed by atoms with E-state index in [4.69, 9.17) is 4.74 Å². The van der Waals surface area contributed by atoms with Gasteiger partial charge in [0.2, 0.25) is 5.91 Å². The van der Waals surface area contributed by atoms with Crippen LogP contribution < -0.4 is 10.1 Å². The Labute approximate surface area is 188 Å². The van der Waals surface area contributed by atoms with E-state index in [1.54, 1.807) is 0 Å². The number of hydrogen-bond donors (Lipinski definition) is 1. The maximum Gasteiger partial charge on any atom is 0.230 e. The first-order valence-electron chi connectivity index (χ1n) is 11.8. The van der Waals surface area contributed by atoms with Crippen molar-refractivity contribution in [2.24, 2.45) is 5.41 Å². The van der Waals surface area contributed by atoms with Crippen molar-refractivity contribution in [2.75, 3.05) is 5.32 Å². The first-order chi connectivity index (χ1) is 14.6. The number of amides is 1. The quantitative estimate of drug-likeness (QED) is 0.436. The molecule has 0 fully saturated rings. The summed E-state index contributed by atoms with van der Waals surface area (Å²) < 4.78 is 6.25. The van der Waals surface area contributed by atoms with Gasteiger partial charge in [-0.15, -0.1) is 0 Å². The number of nitrogens with one attached hydrogen (secondary N) is 1. The Bertz CT molecular complexity index is 912. The van der Waals surface area contributed by atoms with Gasteiger partial charge in [-0.05, 0) is 63.6 Å². The molecule has 1 amide bonds. The molecule has 1 heterocycles. The molecule has 0 saturated carbocycles. The number of benzene rings is 2. The zero-order valence-corrected chi connectivity index (χ0v) is 20.2. The molecule has 0 radical (unpaired) electrons. The Morgan fingerprint density at radius 2 is 1.71 bits per heavy atom. The van der Waals surface area contributed by atoms with Crippen molar-refractivity contribution in [1.29, 1.82) is 0 Å². The molecule has 1 aliphatic rings. The van der Waals surface area contributed by atoms with E-state index in [-0.39, 0.29) is 11.5 Å². The van der Waals surface area contributed by atoms with Crippen LogP contribution in [0.1, 0.15) is 82.1 Å². The molecular formula is C28H39NO2. The molecule has 168 valence electrons. The van der Waals surface area contributed by atoms with Gasteiger partial charge in [0.25, 0.3) is 0 Å². The molecule has 0 spiro atoms. The van der Waals surface area contributed by atoms with Crippen molar-refractivity contribution >= 4 is 11.6 Å². The number of hydrogen-bond acceptors (Lipinski definition) is 2. The van der Waals surface area contributed by atoms with Crippen LogP contribution in [0.4, 0.5) is 5.69 Å². The van der Waals surface area contributed by atoms with Crippen molar-refractivity contribution < 1.29 is 9.53 Å². The van der Waals surface area contributed by atoms with Crippen LogP contribution >= 0.6 is 0 Å². The van der Waals surface area contributed by atoms with Crippen molar-refractivity contribution in [2.45, 2.75) is 92.1 Å². The van der Waals surface area contributed by atoms with Gasteiger partial charge in [0, 0.05) is 17.4 Å². The molecule has 31 heavy (non-hydrogen) atoms. The van der Waals surface area contributed by atoms with Gasteiger partial charge in [-0.25, -0.2) is 0 Å². The predicted molar refractivity (Wildman–Crippen MR) is 130 cm³/mol. The summed E-state index contributed by atoms with van der Waals surface area (Å²) >= 11 is 0. The molecule has 0 bridgehead atoms. The molecule has 0 unspecified atom stereocenters. The molecule has 3 heteroatoms. The molecule has 3 nitrogen and oxygen atoms in total. The van der Waals surface area contributed by atoms with Gasteiger partial charge >= 0.3 is 0 Å². The van der Waals surface area contributed by atoms with Crippen molar-refractivity contribution in [3.8, 4) is 5.75 Å². The highest BCUT2D eigenvalue weighted by molar-refractivity contribution is 5.97. The highest BCUT2D eigenvalue weighted by Gasteiger charge is 2.35. The largest absolute Gasteiger partial charge is 0.485 e. The van der Waals surface area contributed by atoms with Gasteiger partial charge < -0.3 is 10.1 Å². The molecule has 0 aliphatic carbocycles. The monoisotopic (exact) mass is 421 g/mol. The standard InChI is InChI=1S/C28H39NO2/c1-20-18-21(2)24(25-23(20)19-28(5,6)31-25)29-26(30)27(3,4)17-13-8-7-10-14-22-15-11-9-12-16-22/h9,11-12,15-16,18H,7-8,10,13-14,17,19H2,1-6H3,(H,29,30). The zero-order valence-electron chi connectivity index (χ0n) is 20.2. The lowest BCUT2D eigenvalue weighted by atomic mass is 9.85. The van der Waals surface area contributed by atoms with E-state index in [0.717, 1.165) is 42.7 Å². The van der Waals surface area contributed by atoms with Crippen molar-refractivity contribution in [1.82, 2.24) is 0 Å². The average molecular weight is 422 g/mol. The normalized spacial score (nSPS) is 14.8. The molecule has 0 atom stereocenters. The first-order valence-corrected chi connectivity index (χ1v) is 11.8. The minimum atomic E-state index is -0.405. The fraction of sp³-hybridized carbons (Fsp3) is 0.536. The molecule has 1 N–H and O–H groups in total. The van der Waals surface area contributed by atoms with E-state index in [0.29, 0.717) is 0 Å². The molecule has 3 rings (SSSR count). The number of anilines is 1. The van der Waals surface area contributed by atoms with Crippen LogP contribution in [0.15, 0.2) is 36.4 Å². The number of unbranched alkanes of at least 4 members (excludes halogenated alkanes) is 3. The summed E-state index contributed by atoms with van der Waals surface area (Å²) in [6, 6.07) is 12.8. The second kappa shape index (κ2) is 9.46. The molecule has 2 aromatic carbocycles. The average Bonchev–Trinajstić information content (AvgIpc) is 3.04. The van der Waals surface area contributed by atoms with Crippen molar-refractivity contribution in [3.05, 3.63) is 58.7 Å². The van der Waals surface area contributed by atoms with Gasteiger partial charge in [0.15, 0.2) is 0 Å². The first kappa shape index (κ1) is 23.4. The Morgan fingerprint density at radius 3 is 2.42 bits per heavy atom. The predicted octanol–water partition coefficient (Wildman–Crippen LogP) is 7.17. The highest BCUT2D eigenvalue weighted by atomic mass is 16.5. The van der Waals surface area contributed by atoms with Gasteiger partial charge in [0.1, 0.15) is 11.4 Å². The Morgan fingerprint density at radius 1 is 1.03 bits per heavy atom. The third-order valence-electron chi connectivity index (χ3n) is 6.50. The highest BCUT2D eigenvalue weighted by Crippen LogP contribution is 2.44. The van der Waals surface area contributed by atoms with Gasteiger partial charge in [0.05, 0.1) is 5.69 Å². The Kier molecular flexibility index (Phi) is 7.13. The maximum atomic E-state index is 13.2. The second-order valence-electron chi connectivity index (χ2n) is 10.5. The minimum Gasteiger partial charge on any atom is -0.485 e. The zero-order chi connectivity index (χ0) is 22.6. The summed E-state index contributed by atoms with van der Waals surface area (Å²) in [5.74, 6) is 0.951. The van der Waals surface area contributed by atoms with E-state index in [2.05, 4.69) is 83.3 Å². The Hall–Kier alpha value is -2.29. The van der Waals surface area contributed by atoms with Crippen LogP contribution in [-0.2, 0) is 17.6 Å². The van der Waals surface area contributed by atoms with Crippen LogP contribution in [0, 0.1) is 19.3 Å². The van der Waals surface area contributed by atoms with Crippen LogP contribution in [-0.4, -0.2) is 11.5 Å². The molecule has 2 aromatic rings. The lowest BCUT2D eigenvalue weighted by Gasteiger charge is -2.25. The molecule has 0 aromatic heterocycles. The fourth-order valence-electron chi connectivity index (χ4n) is 4.51. The second-order valence-corrected chi connectivity index (χ2v) is 10.5. The maximum absolute atomic E-state index is 13.2. The van der Waals surface area contributed by atoms with E-state index < -0.39 is 5.41 Å². The Balaban J connectivity index is 1.52. The third kappa shape index (κ3) is 5.90. The van der Waals surface area contributed by atoms with E-state index >= 15 is 0 Å². The van der Waals surface area contributed by atoms with Crippen LogP contribution in [0.2, 0.25) is 0 Å². The summed E-state index contributed by atoms with van der Waals surface area (Å²) in [6.07, 6.45) is 7.56. The summed E-state index contributed by atoms with van der Waals surface area (Å²) in [7, 11) is 0. The van der Waals surface area contributed by atoms with Gasteiger partial charge in [-0.3, -0.25) is 4.79 Å². The molecule has 1 aliphatic heterocycles. The summed E-state index contributed by atoms with van der Waals surface area (Å²) in [4.78, 5) is 13.2. The SMILES string of the molecule is Cc1cc(C)c(NC(=O)C(C)(C)CCCCCCc2ccccc2)c2c1CC(C)(C)O2. The summed E-state index contributed by atoms with van der Waals surface area (Å²) in [6.45, 7) is 12.5. The van der Waals surface area contributed by atoms with E-state index in [1.165, 1.54) is 36.0 Å². The van der Waals surface area contributed by atoms with Crippen LogP contribution in [0.5, 0.6) is 5.75 Å². The number of aryl methyl sites for hydroxylation is 3. The van der Waals surface area contributed by atoms with E-state index in [1.807, 2.05) is 0 Å². The number of fused-ring (bicyclic) bond motifs is 1. The summed E-state index contributed by atoms with van der Waals surface area (Å²) in [5, 5.41) is 3.23.